The topological polar surface area (TPSA) is 50.4 Å². The van der Waals surface area contributed by atoms with Crippen LogP contribution in [0.1, 0.15) is 38.3 Å². The number of hydrogen-bond acceptors (Lipinski definition) is 3. The molecule has 1 atom stereocenters. The summed E-state index contributed by atoms with van der Waals surface area (Å²) in [5.74, 6) is 0.0738. The van der Waals surface area contributed by atoms with Crippen molar-refractivity contribution in [1.82, 2.24) is 10.6 Å². The Labute approximate surface area is 121 Å². The fraction of sp³-hybridized carbons (Fsp3) is 0.562. The molecular weight excluding hydrogens is 252 g/mol. The molecule has 1 unspecified atom stereocenters. The molecule has 0 heterocycles. The average molecular weight is 278 g/mol. The van der Waals surface area contributed by atoms with E-state index in [0.717, 1.165) is 17.7 Å². The van der Waals surface area contributed by atoms with Crippen molar-refractivity contribution in [2.45, 2.75) is 46.4 Å². The largest absolute Gasteiger partial charge is 0.377 e. The van der Waals surface area contributed by atoms with Gasteiger partial charge in [-0.1, -0.05) is 31.2 Å². The molecule has 112 valence electrons. The molecule has 0 saturated carbocycles. The van der Waals surface area contributed by atoms with E-state index in [1.165, 1.54) is 0 Å². The lowest BCUT2D eigenvalue weighted by Gasteiger charge is -2.13. The van der Waals surface area contributed by atoms with E-state index in [1.807, 2.05) is 45.0 Å². The maximum absolute atomic E-state index is 11.8. The van der Waals surface area contributed by atoms with Gasteiger partial charge in [0.05, 0.1) is 6.61 Å². The molecule has 0 radical (unpaired) electrons. The van der Waals surface area contributed by atoms with E-state index in [-0.39, 0.29) is 11.9 Å². The Morgan fingerprint density at radius 3 is 2.60 bits per heavy atom. The summed E-state index contributed by atoms with van der Waals surface area (Å²) in [6.07, 6.45) is 0.501. The molecule has 1 aromatic carbocycles. The summed E-state index contributed by atoms with van der Waals surface area (Å²) in [6.45, 7) is 8.76. The van der Waals surface area contributed by atoms with Crippen molar-refractivity contribution in [1.29, 1.82) is 0 Å². The maximum atomic E-state index is 11.8. The minimum atomic E-state index is 0.0738. The summed E-state index contributed by atoms with van der Waals surface area (Å²) in [4.78, 5) is 11.8. The molecule has 4 nitrogen and oxygen atoms in total. The lowest BCUT2D eigenvalue weighted by molar-refractivity contribution is -0.121. The van der Waals surface area contributed by atoms with Crippen LogP contribution in [-0.4, -0.2) is 25.1 Å². The first-order valence-electron chi connectivity index (χ1n) is 7.32. The van der Waals surface area contributed by atoms with Gasteiger partial charge < -0.3 is 15.4 Å². The van der Waals surface area contributed by atoms with Crippen LogP contribution in [0.4, 0.5) is 0 Å². The smallest absolute Gasteiger partial charge is 0.221 e. The van der Waals surface area contributed by atoms with E-state index >= 15 is 0 Å². The van der Waals surface area contributed by atoms with Crippen LogP contribution in [-0.2, 0) is 22.7 Å². The van der Waals surface area contributed by atoms with Crippen molar-refractivity contribution in [3.05, 3.63) is 35.4 Å². The Morgan fingerprint density at radius 1 is 1.25 bits per heavy atom. The molecule has 1 rings (SSSR count). The molecule has 0 aromatic heterocycles. The second-order valence-electron chi connectivity index (χ2n) is 4.85. The molecule has 1 amide bonds. The van der Waals surface area contributed by atoms with E-state index in [2.05, 4.69) is 10.6 Å². The molecule has 0 aliphatic carbocycles. The summed E-state index contributed by atoms with van der Waals surface area (Å²) in [7, 11) is 0. The van der Waals surface area contributed by atoms with Crippen molar-refractivity contribution in [3.8, 4) is 0 Å². The quantitative estimate of drug-likeness (QED) is 0.728. The van der Waals surface area contributed by atoms with Crippen LogP contribution in [0.25, 0.3) is 0 Å². The van der Waals surface area contributed by atoms with Gasteiger partial charge in [0.15, 0.2) is 0 Å². The molecule has 4 heteroatoms. The Balaban J connectivity index is 2.46. The van der Waals surface area contributed by atoms with Gasteiger partial charge in [-0.25, -0.2) is 0 Å². The zero-order valence-electron chi connectivity index (χ0n) is 12.7. The third kappa shape index (κ3) is 6.17. The van der Waals surface area contributed by atoms with Gasteiger partial charge in [-0.15, -0.1) is 0 Å². The summed E-state index contributed by atoms with van der Waals surface area (Å²) in [5.41, 5.74) is 2.25. The minimum Gasteiger partial charge on any atom is -0.377 e. The Morgan fingerprint density at radius 2 is 1.95 bits per heavy atom. The van der Waals surface area contributed by atoms with Gasteiger partial charge in [0.25, 0.3) is 0 Å². The molecule has 0 fully saturated rings. The molecule has 1 aromatic rings. The first-order valence-corrected chi connectivity index (χ1v) is 7.32. The molecule has 20 heavy (non-hydrogen) atoms. The van der Waals surface area contributed by atoms with Crippen LogP contribution in [0.3, 0.4) is 0 Å². The van der Waals surface area contributed by atoms with Gasteiger partial charge >= 0.3 is 0 Å². The minimum absolute atomic E-state index is 0.0738. The van der Waals surface area contributed by atoms with E-state index in [9.17, 15) is 4.79 Å². The Kier molecular flexibility index (Phi) is 7.92. The highest BCUT2D eigenvalue weighted by atomic mass is 16.5. The third-order valence-corrected chi connectivity index (χ3v) is 3.10. The van der Waals surface area contributed by atoms with Crippen LogP contribution in [0.2, 0.25) is 0 Å². The number of benzene rings is 1. The van der Waals surface area contributed by atoms with Crippen LogP contribution < -0.4 is 10.6 Å². The van der Waals surface area contributed by atoms with Crippen LogP contribution in [0, 0.1) is 0 Å². The summed E-state index contributed by atoms with van der Waals surface area (Å²) in [6, 6.07) is 8.25. The predicted octanol–water partition coefficient (Wildman–Crippen LogP) is 2.23. The highest BCUT2D eigenvalue weighted by Gasteiger charge is 2.08. The predicted molar refractivity (Wildman–Crippen MR) is 81.4 cm³/mol. The SMILES string of the molecule is CCNC(C)CC(=O)NCc1ccccc1COCC. The van der Waals surface area contributed by atoms with Crippen LogP contribution in [0.15, 0.2) is 24.3 Å². The van der Waals surface area contributed by atoms with Gasteiger partial charge in [0.2, 0.25) is 5.91 Å². The monoisotopic (exact) mass is 278 g/mol. The molecule has 0 spiro atoms. The third-order valence-electron chi connectivity index (χ3n) is 3.10. The molecular formula is C16H26N2O2. The number of carbonyl (C=O) groups excluding carboxylic acids is 1. The fourth-order valence-corrected chi connectivity index (χ4v) is 2.05. The molecule has 0 bridgehead atoms. The highest BCUT2D eigenvalue weighted by Crippen LogP contribution is 2.10. The second kappa shape index (κ2) is 9.50. The summed E-state index contributed by atoms with van der Waals surface area (Å²) >= 11 is 0. The molecule has 0 aliphatic heterocycles. The first kappa shape index (κ1) is 16.7. The van der Waals surface area contributed by atoms with Crippen molar-refractivity contribution < 1.29 is 9.53 Å². The van der Waals surface area contributed by atoms with E-state index in [4.69, 9.17) is 4.74 Å². The van der Waals surface area contributed by atoms with Gasteiger partial charge in [-0.2, -0.15) is 0 Å². The van der Waals surface area contributed by atoms with Crippen molar-refractivity contribution in [2.75, 3.05) is 13.2 Å². The van der Waals surface area contributed by atoms with Gasteiger partial charge in [0.1, 0.15) is 0 Å². The Hall–Kier alpha value is -1.39. The maximum Gasteiger partial charge on any atom is 0.221 e. The molecule has 0 aliphatic rings. The summed E-state index contributed by atoms with van der Waals surface area (Å²) in [5, 5.41) is 6.20. The zero-order chi connectivity index (χ0) is 14.8. The van der Waals surface area contributed by atoms with Crippen LogP contribution >= 0.6 is 0 Å². The normalized spacial score (nSPS) is 12.2. The van der Waals surface area contributed by atoms with Gasteiger partial charge in [0, 0.05) is 25.6 Å². The molecule has 0 saturated heterocycles. The first-order chi connectivity index (χ1) is 9.67. The van der Waals surface area contributed by atoms with E-state index in [1.54, 1.807) is 0 Å². The van der Waals surface area contributed by atoms with Crippen molar-refractivity contribution >= 4 is 5.91 Å². The number of amides is 1. The van der Waals surface area contributed by atoms with E-state index in [0.29, 0.717) is 26.2 Å². The average Bonchev–Trinajstić information content (AvgIpc) is 2.44. The number of rotatable bonds is 9. The number of hydrogen-bond donors (Lipinski definition) is 2. The van der Waals surface area contributed by atoms with Crippen LogP contribution in [0.5, 0.6) is 0 Å². The van der Waals surface area contributed by atoms with E-state index < -0.39 is 0 Å². The van der Waals surface area contributed by atoms with Gasteiger partial charge in [-0.3, -0.25) is 4.79 Å². The number of ether oxygens (including phenoxy) is 1. The number of carbonyl (C=O) groups is 1. The number of nitrogens with one attached hydrogen (secondary N) is 2. The highest BCUT2D eigenvalue weighted by molar-refractivity contribution is 5.76. The molecule has 2 N–H and O–H groups in total. The Bertz CT molecular complexity index is 407. The lowest BCUT2D eigenvalue weighted by Crippen LogP contribution is -2.33. The second-order valence-corrected chi connectivity index (χ2v) is 4.85. The lowest BCUT2D eigenvalue weighted by atomic mass is 10.1. The summed E-state index contributed by atoms with van der Waals surface area (Å²) < 4.78 is 5.44. The van der Waals surface area contributed by atoms with Gasteiger partial charge in [-0.05, 0) is 31.5 Å². The van der Waals surface area contributed by atoms with Crippen molar-refractivity contribution in [2.24, 2.45) is 0 Å². The van der Waals surface area contributed by atoms with Crippen molar-refractivity contribution in [3.63, 3.8) is 0 Å². The zero-order valence-corrected chi connectivity index (χ0v) is 12.7. The standard InChI is InChI=1S/C16H26N2O2/c1-4-17-13(3)10-16(19)18-11-14-8-6-7-9-15(14)12-20-5-2/h6-9,13,17H,4-5,10-12H2,1-3H3,(H,18,19). The fourth-order valence-electron chi connectivity index (χ4n) is 2.05.